The maximum atomic E-state index is 13.6. The summed E-state index contributed by atoms with van der Waals surface area (Å²) < 4.78 is 42.6. The molecule has 1 aromatic heterocycles. The molecule has 0 N–H and O–H groups in total. The minimum absolute atomic E-state index is 0.374. The fraction of sp³-hybridized carbons (Fsp3) is 0.333. The Kier molecular flexibility index (Phi) is 4.18. The Morgan fingerprint density at radius 2 is 2.22 bits per heavy atom. The summed E-state index contributed by atoms with van der Waals surface area (Å²) in [4.78, 5) is 23.6. The van der Waals surface area contributed by atoms with Crippen LogP contribution in [0.5, 0.6) is 0 Å². The first kappa shape index (κ1) is 13.9. The third-order valence-electron chi connectivity index (χ3n) is 2.07. The number of nitro groups is 1. The van der Waals surface area contributed by atoms with E-state index in [9.17, 15) is 28.1 Å². The van der Waals surface area contributed by atoms with Crippen molar-refractivity contribution in [3.63, 3.8) is 0 Å². The minimum Gasteiger partial charge on any atom is -0.469 e. The largest absolute Gasteiger partial charge is 0.469 e. The summed E-state index contributed by atoms with van der Waals surface area (Å²) in [5, 5.41) is 10.6. The van der Waals surface area contributed by atoms with Gasteiger partial charge in [-0.05, 0) is 9.91 Å². The number of alkyl halides is 2. The number of pyridine rings is 1. The molecular formula is C9H7F3N2O4. The molecule has 0 bridgehead atoms. The molecule has 0 aliphatic heterocycles. The van der Waals surface area contributed by atoms with E-state index in [4.69, 9.17) is 0 Å². The first-order valence-corrected chi connectivity index (χ1v) is 4.55. The van der Waals surface area contributed by atoms with Gasteiger partial charge in [0.1, 0.15) is 5.82 Å². The summed E-state index contributed by atoms with van der Waals surface area (Å²) in [6.45, 7) is 0. The zero-order chi connectivity index (χ0) is 13.9. The van der Waals surface area contributed by atoms with E-state index in [0.717, 1.165) is 7.11 Å². The summed E-state index contributed by atoms with van der Waals surface area (Å²) in [6.07, 6.45) is -3.65. The van der Waals surface area contributed by atoms with Gasteiger partial charge < -0.3 is 14.9 Å². The second kappa shape index (κ2) is 5.43. The monoisotopic (exact) mass is 264 g/mol. The summed E-state index contributed by atoms with van der Waals surface area (Å²) in [6, 6.07) is 0. The highest BCUT2D eigenvalue weighted by Gasteiger charge is 2.28. The van der Waals surface area contributed by atoms with Crippen LogP contribution >= 0.6 is 0 Å². The summed E-state index contributed by atoms with van der Waals surface area (Å²) in [7, 11) is 0.983. The quantitative estimate of drug-likeness (QED) is 0.470. The van der Waals surface area contributed by atoms with E-state index in [1.54, 1.807) is 0 Å². The Morgan fingerprint density at radius 3 is 2.67 bits per heavy atom. The van der Waals surface area contributed by atoms with E-state index in [-0.39, 0.29) is 0 Å². The van der Waals surface area contributed by atoms with Crippen LogP contribution in [-0.2, 0) is 16.0 Å². The smallest absolute Gasteiger partial charge is 0.370 e. The van der Waals surface area contributed by atoms with Gasteiger partial charge in [-0.3, -0.25) is 4.79 Å². The lowest BCUT2D eigenvalue weighted by molar-refractivity contribution is -0.390. The fourth-order valence-electron chi connectivity index (χ4n) is 1.22. The molecule has 0 radical (unpaired) electrons. The highest BCUT2D eigenvalue weighted by molar-refractivity contribution is 5.73. The van der Waals surface area contributed by atoms with E-state index in [1.807, 2.05) is 0 Å². The van der Waals surface area contributed by atoms with Gasteiger partial charge in [0.25, 0.3) is 6.43 Å². The Balaban J connectivity index is 3.35. The van der Waals surface area contributed by atoms with Crippen molar-refractivity contribution in [2.45, 2.75) is 12.8 Å². The van der Waals surface area contributed by atoms with Gasteiger partial charge in [-0.25, -0.2) is 13.2 Å². The van der Waals surface area contributed by atoms with E-state index < -0.39 is 46.5 Å². The first-order chi connectivity index (χ1) is 8.38. The molecule has 1 rings (SSSR count). The molecule has 98 valence electrons. The van der Waals surface area contributed by atoms with E-state index in [0.29, 0.717) is 6.20 Å². The lowest BCUT2D eigenvalue weighted by atomic mass is 10.1. The van der Waals surface area contributed by atoms with Crippen molar-refractivity contribution in [3.05, 3.63) is 33.3 Å². The van der Waals surface area contributed by atoms with Gasteiger partial charge >= 0.3 is 11.8 Å². The number of aromatic nitrogens is 1. The number of carbonyl (C=O) groups excluding carboxylic acids is 1. The number of esters is 1. The third-order valence-corrected chi connectivity index (χ3v) is 2.07. The molecule has 18 heavy (non-hydrogen) atoms. The van der Waals surface area contributed by atoms with Crippen LogP contribution in [0.25, 0.3) is 0 Å². The fourth-order valence-corrected chi connectivity index (χ4v) is 1.22. The number of hydrogen-bond acceptors (Lipinski definition) is 5. The number of carbonyl (C=O) groups is 1. The van der Waals surface area contributed by atoms with Crippen molar-refractivity contribution in [3.8, 4) is 0 Å². The molecule has 0 aliphatic rings. The van der Waals surface area contributed by atoms with Crippen molar-refractivity contribution >= 4 is 11.8 Å². The van der Waals surface area contributed by atoms with Crippen molar-refractivity contribution in [1.82, 2.24) is 4.98 Å². The molecule has 0 atom stereocenters. The molecule has 0 amide bonds. The second-order valence-corrected chi connectivity index (χ2v) is 3.14. The highest BCUT2D eigenvalue weighted by Crippen LogP contribution is 2.28. The zero-order valence-corrected chi connectivity index (χ0v) is 9.02. The predicted molar refractivity (Wildman–Crippen MR) is 51.5 cm³/mol. The van der Waals surface area contributed by atoms with Crippen LogP contribution in [0.15, 0.2) is 6.20 Å². The molecule has 0 saturated heterocycles. The van der Waals surface area contributed by atoms with Gasteiger partial charge in [-0.2, -0.15) is 0 Å². The van der Waals surface area contributed by atoms with Gasteiger partial charge in [-0.1, -0.05) is 0 Å². The number of ether oxygens (including phenoxy) is 1. The van der Waals surface area contributed by atoms with Crippen LogP contribution in [0.1, 0.15) is 17.6 Å². The average Bonchev–Trinajstić information content (AvgIpc) is 2.30. The van der Waals surface area contributed by atoms with Crippen LogP contribution in [0, 0.1) is 15.9 Å². The SMILES string of the molecule is COC(=O)Cc1c([N+](=O)[O-])ncc(C(F)F)c1F. The molecule has 6 nitrogen and oxygen atoms in total. The van der Waals surface area contributed by atoms with Crippen LogP contribution < -0.4 is 0 Å². The van der Waals surface area contributed by atoms with Crippen molar-refractivity contribution in [2.75, 3.05) is 7.11 Å². The Bertz CT molecular complexity index is 493. The van der Waals surface area contributed by atoms with Crippen molar-refractivity contribution in [2.24, 2.45) is 0 Å². The molecule has 9 heteroatoms. The zero-order valence-electron chi connectivity index (χ0n) is 9.02. The molecule has 0 fully saturated rings. The molecular weight excluding hydrogens is 257 g/mol. The number of rotatable bonds is 4. The maximum Gasteiger partial charge on any atom is 0.370 e. The van der Waals surface area contributed by atoms with Gasteiger partial charge in [0.15, 0.2) is 6.20 Å². The predicted octanol–water partition coefficient (Wildman–Crippen LogP) is 1.78. The lowest BCUT2D eigenvalue weighted by Crippen LogP contribution is -2.12. The van der Waals surface area contributed by atoms with Gasteiger partial charge in [0.05, 0.1) is 24.7 Å². The average molecular weight is 264 g/mol. The normalized spacial score (nSPS) is 10.5. The van der Waals surface area contributed by atoms with Gasteiger partial charge in [-0.15, -0.1) is 0 Å². The summed E-state index contributed by atoms with van der Waals surface area (Å²) >= 11 is 0. The first-order valence-electron chi connectivity index (χ1n) is 4.55. The Hall–Kier alpha value is -2.19. The number of halogens is 3. The van der Waals surface area contributed by atoms with E-state index in [2.05, 4.69) is 9.72 Å². The summed E-state index contributed by atoms with van der Waals surface area (Å²) in [5.41, 5.74) is -1.91. The van der Waals surface area contributed by atoms with E-state index >= 15 is 0 Å². The van der Waals surface area contributed by atoms with Crippen LogP contribution in [0.3, 0.4) is 0 Å². The molecule has 0 unspecified atom stereocenters. The maximum absolute atomic E-state index is 13.6. The molecule has 0 saturated carbocycles. The minimum atomic E-state index is -3.19. The highest BCUT2D eigenvalue weighted by atomic mass is 19.3. The number of methoxy groups -OCH3 is 1. The topological polar surface area (TPSA) is 82.3 Å². The van der Waals surface area contributed by atoms with E-state index in [1.165, 1.54) is 0 Å². The second-order valence-electron chi connectivity index (χ2n) is 3.14. The molecule has 0 aromatic carbocycles. The standard InChI is InChI=1S/C9H7F3N2O4/c1-18-6(15)2-4-7(10)5(8(11)12)3-13-9(4)14(16)17/h3,8H,2H2,1H3. The molecule has 1 aromatic rings. The van der Waals surface area contributed by atoms with Crippen molar-refractivity contribution < 1.29 is 27.6 Å². The molecule has 0 spiro atoms. The Morgan fingerprint density at radius 1 is 1.61 bits per heavy atom. The lowest BCUT2D eigenvalue weighted by Gasteiger charge is -2.06. The third kappa shape index (κ3) is 2.73. The van der Waals surface area contributed by atoms with Crippen LogP contribution in [0.2, 0.25) is 0 Å². The number of hydrogen-bond donors (Lipinski definition) is 0. The molecule has 1 heterocycles. The van der Waals surface area contributed by atoms with Crippen molar-refractivity contribution in [1.29, 1.82) is 0 Å². The van der Waals surface area contributed by atoms with Gasteiger partial charge in [0, 0.05) is 0 Å². The molecule has 0 aliphatic carbocycles. The summed E-state index contributed by atoms with van der Waals surface area (Å²) in [5.74, 6) is -3.50. The van der Waals surface area contributed by atoms with Crippen LogP contribution in [0.4, 0.5) is 19.0 Å². The number of nitrogens with zero attached hydrogens (tertiary/aromatic N) is 2. The van der Waals surface area contributed by atoms with Gasteiger partial charge in [0.2, 0.25) is 0 Å². The van der Waals surface area contributed by atoms with Crippen LogP contribution in [-0.4, -0.2) is 23.0 Å². The Labute approximate surface area is 98.5 Å².